The van der Waals surface area contributed by atoms with Crippen LogP contribution >= 0.6 is 11.3 Å². The van der Waals surface area contributed by atoms with E-state index in [2.05, 4.69) is 10.2 Å². The number of nitrogens with zero attached hydrogens (tertiary/aromatic N) is 3. The average Bonchev–Trinajstić information content (AvgIpc) is 3.32. The molecule has 0 amide bonds. The Labute approximate surface area is 152 Å². The molecular weight excluding hydrogens is 358 g/mol. The van der Waals surface area contributed by atoms with Gasteiger partial charge in [-0.15, -0.1) is 10.2 Å². The van der Waals surface area contributed by atoms with E-state index in [0.717, 1.165) is 5.56 Å². The van der Waals surface area contributed by atoms with Gasteiger partial charge in [-0.3, -0.25) is 14.9 Å². The smallest absolute Gasteiger partial charge is 0.306 e. The number of aryl methyl sites for hydroxylation is 1. The number of carbonyl (C=O) groups excluding carboxylic acids is 1. The molecule has 3 aromatic rings. The molecule has 2 aromatic heterocycles. The maximum Gasteiger partial charge on any atom is 0.306 e. The van der Waals surface area contributed by atoms with E-state index < -0.39 is 11.0 Å². The molecule has 134 valence electrons. The zero-order valence-electron chi connectivity index (χ0n) is 13.8. The second-order valence-corrected chi connectivity index (χ2v) is 6.29. The number of nitro benzene ring substituents is 1. The summed E-state index contributed by atoms with van der Waals surface area (Å²) in [6, 6.07) is 7.72. The van der Waals surface area contributed by atoms with Crippen LogP contribution in [0.1, 0.15) is 30.9 Å². The Balaban J connectivity index is 1.59. The number of benzene rings is 1. The molecular formula is C17H15N3O5S. The van der Waals surface area contributed by atoms with E-state index in [0.29, 0.717) is 12.0 Å². The van der Waals surface area contributed by atoms with Crippen LogP contribution in [0.15, 0.2) is 45.5 Å². The Morgan fingerprint density at radius 3 is 2.73 bits per heavy atom. The highest BCUT2D eigenvalue weighted by Crippen LogP contribution is 2.24. The van der Waals surface area contributed by atoms with Crippen molar-refractivity contribution in [2.75, 3.05) is 0 Å². The second kappa shape index (κ2) is 7.87. The largest absolute Gasteiger partial charge is 0.453 e. The van der Waals surface area contributed by atoms with Gasteiger partial charge in [-0.05, 0) is 47.9 Å². The molecule has 26 heavy (non-hydrogen) atoms. The predicted octanol–water partition coefficient (Wildman–Crippen LogP) is 3.94. The van der Waals surface area contributed by atoms with Gasteiger partial charge >= 0.3 is 5.97 Å². The first-order valence-corrected chi connectivity index (χ1v) is 8.76. The molecule has 0 fully saturated rings. The lowest BCUT2D eigenvalue weighted by molar-refractivity contribution is -0.384. The van der Waals surface area contributed by atoms with Crippen molar-refractivity contribution in [1.82, 2.24) is 10.2 Å². The van der Waals surface area contributed by atoms with Crippen LogP contribution in [0.2, 0.25) is 0 Å². The van der Waals surface area contributed by atoms with Crippen LogP contribution < -0.4 is 0 Å². The Bertz CT molecular complexity index is 890. The molecule has 3 rings (SSSR count). The van der Waals surface area contributed by atoms with Gasteiger partial charge in [0.1, 0.15) is 0 Å². The molecule has 0 bridgehead atoms. The quantitative estimate of drug-likeness (QED) is 0.350. The van der Waals surface area contributed by atoms with E-state index in [1.54, 1.807) is 18.3 Å². The summed E-state index contributed by atoms with van der Waals surface area (Å²) in [4.78, 5) is 22.1. The standard InChI is InChI=1S/C17H15N3O5S/c1-11(24-15(21)7-2-12-8-9-26-10-12)16-18-19-17(25-16)13-3-5-14(6-4-13)20(22)23/h3-6,8-11H,2,7H2,1H3/t11-/m1/s1. The molecule has 9 heteroatoms. The molecule has 0 saturated heterocycles. The number of carbonyl (C=O) groups is 1. The Morgan fingerprint density at radius 1 is 1.31 bits per heavy atom. The minimum atomic E-state index is -0.677. The maximum absolute atomic E-state index is 11.9. The first-order chi connectivity index (χ1) is 12.5. The highest BCUT2D eigenvalue weighted by Gasteiger charge is 2.19. The summed E-state index contributed by atoms with van der Waals surface area (Å²) in [5, 5.41) is 22.4. The van der Waals surface area contributed by atoms with Gasteiger partial charge in [0, 0.05) is 24.1 Å². The van der Waals surface area contributed by atoms with Crippen molar-refractivity contribution in [3.8, 4) is 11.5 Å². The van der Waals surface area contributed by atoms with Gasteiger partial charge in [0.2, 0.25) is 5.89 Å². The molecule has 0 saturated carbocycles. The number of aromatic nitrogens is 2. The van der Waals surface area contributed by atoms with Crippen LogP contribution in [0, 0.1) is 10.1 Å². The molecule has 0 unspecified atom stereocenters. The summed E-state index contributed by atoms with van der Waals surface area (Å²) < 4.78 is 10.8. The van der Waals surface area contributed by atoms with Crippen LogP contribution in [0.5, 0.6) is 0 Å². The number of ether oxygens (including phenoxy) is 1. The SMILES string of the molecule is C[C@@H](OC(=O)CCc1ccsc1)c1nnc(-c2ccc([N+](=O)[O-])cc2)o1. The van der Waals surface area contributed by atoms with Gasteiger partial charge in [-0.25, -0.2) is 0 Å². The Hall–Kier alpha value is -3.07. The molecule has 0 aliphatic heterocycles. The molecule has 0 radical (unpaired) electrons. The molecule has 1 aromatic carbocycles. The lowest BCUT2D eigenvalue weighted by Crippen LogP contribution is -2.09. The number of esters is 1. The lowest BCUT2D eigenvalue weighted by Gasteiger charge is -2.08. The number of non-ortho nitro benzene ring substituents is 1. The minimum Gasteiger partial charge on any atom is -0.453 e. The van der Waals surface area contributed by atoms with Gasteiger partial charge in [0.05, 0.1) is 4.92 Å². The van der Waals surface area contributed by atoms with Gasteiger partial charge in [-0.2, -0.15) is 11.3 Å². The molecule has 8 nitrogen and oxygen atoms in total. The van der Waals surface area contributed by atoms with E-state index in [1.807, 2.05) is 16.8 Å². The first kappa shape index (κ1) is 17.7. The number of hydrogen-bond acceptors (Lipinski definition) is 8. The van der Waals surface area contributed by atoms with Crippen LogP contribution in [0.3, 0.4) is 0 Å². The van der Waals surface area contributed by atoms with Crippen molar-refractivity contribution < 1.29 is 18.9 Å². The molecule has 0 spiro atoms. The Morgan fingerprint density at radius 2 is 2.08 bits per heavy atom. The topological polar surface area (TPSA) is 108 Å². The number of rotatable bonds is 7. The normalized spacial score (nSPS) is 11.9. The fourth-order valence-electron chi connectivity index (χ4n) is 2.23. The van der Waals surface area contributed by atoms with E-state index >= 15 is 0 Å². The number of hydrogen-bond donors (Lipinski definition) is 0. The van der Waals surface area contributed by atoms with E-state index in [4.69, 9.17) is 9.15 Å². The van der Waals surface area contributed by atoms with Crippen molar-refractivity contribution in [3.63, 3.8) is 0 Å². The highest BCUT2D eigenvalue weighted by atomic mass is 32.1. The maximum atomic E-state index is 11.9. The molecule has 0 N–H and O–H groups in total. The summed E-state index contributed by atoms with van der Waals surface area (Å²) in [7, 11) is 0. The van der Waals surface area contributed by atoms with Crippen molar-refractivity contribution in [2.45, 2.75) is 25.9 Å². The van der Waals surface area contributed by atoms with E-state index in [9.17, 15) is 14.9 Å². The summed E-state index contributed by atoms with van der Waals surface area (Å²) >= 11 is 1.58. The van der Waals surface area contributed by atoms with Crippen LogP contribution in [-0.4, -0.2) is 21.1 Å². The third kappa shape index (κ3) is 4.31. The third-order valence-corrected chi connectivity index (χ3v) is 4.35. The molecule has 0 aliphatic carbocycles. The third-order valence-electron chi connectivity index (χ3n) is 3.62. The van der Waals surface area contributed by atoms with Crippen LogP contribution in [0.25, 0.3) is 11.5 Å². The van der Waals surface area contributed by atoms with Gasteiger partial charge in [0.15, 0.2) is 6.10 Å². The van der Waals surface area contributed by atoms with Crippen LogP contribution in [-0.2, 0) is 16.0 Å². The zero-order chi connectivity index (χ0) is 18.5. The summed E-state index contributed by atoms with van der Waals surface area (Å²) in [5.41, 5.74) is 1.62. The zero-order valence-corrected chi connectivity index (χ0v) is 14.6. The fraction of sp³-hybridized carbons (Fsp3) is 0.235. The van der Waals surface area contributed by atoms with Crippen molar-refractivity contribution in [2.24, 2.45) is 0 Å². The lowest BCUT2D eigenvalue weighted by atomic mass is 10.2. The molecule has 2 heterocycles. The van der Waals surface area contributed by atoms with E-state index in [-0.39, 0.29) is 29.9 Å². The van der Waals surface area contributed by atoms with Gasteiger partial charge < -0.3 is 9.15 Å². The predicted molar refractivity (Wildman–Crippen MR) is 93.5 cm³/mol. The Kier molecular flexibility index (Phi) is 5.37. The van der Waals surface area contributed by atoms with Gasteiger partial charge in [0.25, 0.3) is 11.6 Å². The number of nitro groups is 1. The fourth-order valence-corrected chi connectivity index (χ4v) is 2.93. The van der Waals surface area contributed by atoms with E-state index in [1.165, 1.54) is 24.3 Å². The van der Waals surface area contributed by atoms with Crippen LogP contribution in [0.4, 0.5) is 5.69 Å². The van der Waals surface area contributed by atoms with Gasteiger partial charge in [-0.1, -0.05) is 0 Å². The highest BCUT2D eigenvalue weighted by molar-refractivity contribution is 7.07. The summed E-state index contributed by atoms with van der Waals surface area (Å²) in [6.07, 6.45) is 0.210. The monoisotopic (exact) mass is 373 g/mol. The summed E-state index contributed by atoms with van der Waals surface area (Å²) in [5.74, 6) is 0.0251. The van der Waals surface area contributed by atoms with Crippen molar-refractivity contribution >= 4 is 23.0 Å². The van der Waals surface area contributed by atoms with Crippen molar-refractivity contribution in [1.29, 1.82) is 0 Å². The minimum absolute atomic E-state index is 0.0265. The molecule has 0 aliphatic rings. The average molecular weight is 373 g/mol. The first-order valence-electron chi connectivity index (χ1n) is 7.81. The van der Waals surface area contributed by atoms with Crippen molar-refractivity contribution in [3.05, 3.63) is 62.7 Å². The molecule has 1 atom stereocenters. The second-order valence-electron chi connectivity index (χ2n) is 5.51. The number of thiophene rings is 1. The summed E-state index contributed by atoms with van der Waals surface area (Å²) in [6.45, 7) is 1.65.